The molecule has 2 rings (SSSR count). The van der Waals surface area contributed by atoms with Crippen LogP contribution in [-0.4, -0.2) is 54.3 Å². The largest absolute Gasteiger partial charge is 0.391 e. The van der Waals surface area contributed by atoms with Gasteiger partial charge in [0, 0.05) is 37.0 Å². The molecule has 0 radical (unpaired) electrons. The maximum atomic E-state index is 11.0. The lowest BCUT2D eigenvalue weighted by Crippen LogP contribution is -2.37. The maximum absolute atomic E-state index is 11.0. The van der Waals surface area contributed by atoms with Crippen molar-refractivity contribution in [3.05, 3.63) is 33.9 Å². The number of non-ortho nitro benzene ring substituents is 1. The lowest BCUT2D eigenvalue weighted by Gasteiger charge is -2.28. The number of hydrogen-bond acceptors (Lipinski definition) is 5. The minimum atomic E-state index is -0.375. The molecule has 0 aliphatic carbocycles. The summed E-state index contributed by atoms with van der Waals surface area (Å²) in [5, 5.41) is 20.9. The quantitative estimate of drug-likeness (QED) is 0.666. The third-order valence-electron chi connectivity index (χ3n) is 3.56. The molecule has 1 fully saturated rings. The van der Waals surface area contributed by atoms with E-state index in [1.54, 1.807) is 12.1 Å². The van der Waals surface area contributed by atoms with Crippen LogP contribution < -0.4 is 4.90 Å². The summed E-state index contributed by atoms with van der Waals surface area (Å²) in [6.07, 6.45) is 0.319. The van der Waals surface area contributed by atoms with Crippen LogP contribution in [0, 0.1) is 17.0 Å². The van der Waals surface area contributed by atoms with E-state index in [0.29, 0.717) is 13.0 Å². The van der Waals surface area contributed by atoms with Gasteiger partial charge in [-0.1, -0.05) is 0 Å². The lowest BCUT2D eigenvalue weighted by atomic mass is 10.1. The Morgan fingerprint density at radius 1 is 1.45 bits per heavy atom. The normalized spacial score (nSPS) is 22.6. The van der Waals surface area contributed by atoms with E-state index in [-0.39, 0.29) is 22.8 Å². The second-order valence-electron chi connectivity index (χ2n) is 5.74. The molecule has 6 nitrogen and oxygen atoms in total. The van der Waals surface area contributed by atoms with Gasteiger partial charge >= 0.3 is 0 Å². The molecule has 2 unspecified atom stereocenters. The van der Waals surface area contributed by atoms with Crippen LogP contribution in [0.15, 0.2) is 18.2 Å². The summed E-state index contributed by atoms with van der Waals surface area (Å²) in [6.45, 7) is 3.20. The van der Waals surface area contributed by atoms with Crippen molar-refractivity contribution in [2.75, 3.05) is 32.1 Å². The van der Waals surface area contributed by atoms with Gasteiger partial charge in [0.1, 0.15) is 0 Å². The summed E-state index contributed by atoms with van der Waals surface area (Å²) in [6, 6.07) is 5.28. The van der Waals surface area contributed by atoms with E-state index < -0.39 is 0 Å². The predicted molar refractivity (Wildman–Crippen MR) is 78.1 cm³/mol. The van der Waals surface area contributed by atoms with Crippen molar-refractivity contribution in [2.45, 2.75) is 25.5 Å². The van der Waals surface area contributed by atoms with Crippen molar-refractivity contribution >= 4 is 11.4 Å². The highest BCUT2D eigenvalue weighted by molar-refractivity contribution is 5.57. The summed E-state index contributed by atoms with van der Waals surface area (Å²) < 4.78 is 0. The summed E-state index contributed by atoms with van der Waals surface area (Å²) in [5.41, 5.74) is 1.78. The molecule has 1 aromatic rings. The smallest absolute Gasteiger partial charge is 0.271 e. The average molecular weight is 279 g/mol. The second kappa shape index (κ2) is 5.76. The Bertz CT molecular complexity index is 504. The lowest BCUT2D eigenvalue weighted by molar-refractivity contribution is -0.384. The Kier molecular flexibility index (Phi) is 4.25. The Hall–Kier alpha value is -1.66. The molecule has 0 bridgehead atoms. The number of β-amino-alcohol motifs (C(OH)–C–C–N with tert-alkyl or cyclic N) is 1. The van der Waals surface area contributed by atoms with Crippen LogP contribution in [0.2, 0.25) is 0 Å². The number of nitrogens with zero attached hydrogens (tertiary/aromatic N) is 3. The third-order valence-corrected chi connectivity index (χ3v) is 3.56. The monoisotopic (exact) mass is 279 g/mol. The topological polar surface area (TPSA) is 69.8 Å². The molecular formula is C14H21N3O3. The van der Waals surface area contributed by atoms with E-state index in [1.165, 1.54) is 0 Å². The number of anilines is 1. The minimum Gasteiger partial charge on any atom is -0.391 e. The first-order valence-electron chi connectivity index (χ1n) is 6.72. The fourth-order valence-electron chi connectivity index (χ4n) is 2.82. The zero-order valence-corrected chi connectivity index (χ0v) is 12.1. The predicted octanol–water partition coefficient (Wildman–Crippen LogP) is 1.40. The molecule has 6 heteroatoms. The molecule has 0 spiro atoms. The van der Waals surface area contributed by atoms with E-state index in [1.807, 2.05) is 27.1 Å². The summed E-state index contributed by atoms with van der Waals surface area (Å²) in [5.74, 6) is 0. The summed E-state index contributed by atoms with van der Waals surface area (Å²) in [4.78, 5) is 14.7. The molecule has 0 amide bonds. The van der Waals surface area contributed by atoms with Crippen molar-refractivity contribution in [3.8, 4) is 0 Å². The first-order chi connectivity index (χ1) is 9.36. The number of nitro groups is 1. The van der Waals surface area contributed by atoms with Gasteiger partial charge in [-0.2, -0.15) is 0 Å². The maximum Gasteiger partial charge on any atom is 0.271 e. The average Bonchev–Trinajstić information content (AvgIpc) is 2.68. The van der Waals surface area contributed by atoms with Crippen LogP contribution in [0.25, 0.3) is 0 Å². The van der Waals surface area contributed by atoms with Crippen LogP contribution >= 0.6 is 0 Å². The molecule has 2 atom stereocenters. The summed E-state index contributed by atoms with van der Waals surface area (Å²) >= 11 is 0. The van der Waals surface area contributed by atoms with Crippen LogP contribution in [-0.2, 0) is 0 Å². The fraction of sp³-hybridized carbons (Fsp3) is 0.571. The zero-order chi connectivity index (χ0) is 14.9. The molecule has 1 aromatic carbocycles. The number of nitro benzene ring substituents is 1. The Labute approximate surface area is 118 Å². The molecule has 1 aliphatic rings. The van der Waals surface area contributed by atoms with E-state index in [9.17, 15) is 15.2 Å². The first kappa shape index (κ1) is 14.7. The Balaban J connectivity index is 2.31. The van der Waals surface area contributed by atoms with Gasteiger partial charge in [0.15, 0.2) is 0 Å². The molecule has 1 heterocycles. The first-order valence-corrected chi connectivity index (χ1v) is 6.72. The molecule has 20 heavy (non-hydrogen) atoms. The zero-order valence-electron chi connectivity index (χ0n) is 12.1. The number of aryl methyl sites for hydroxylation is 1. The van der Waals surface area contributed by atoms with E-state index >= 15 is 0 Å². The van der Waals surface area contributed by atoms with E-state index in [0.717, 1.165) is 17.8 Å². The van der Waals surface area contributed by atoms with Crippen molar-refractivity contribution < 1.29 is 10.0 Å². The number of aliphatic hydroxyl groups is 1. The molecule has 0 saturated carbocycles. The molecule has 0 aromatic heterocycles. The highest BCUT2D eigenvalue weighted by Crippen LogP contribution is 2.30. The number of likely N-dealkylation sites (N-methyl/N-ethyl adjacent to an activating group) is 1. The molecular weight excluding hydrogens is 258 g/mol. The van der Waals surface area contributed by atoms with Crippen molar-refractivity contribution in [3.63, 3.8) is 0 Å². The molecule has 110 valence electrons. The summed E-state index contributed by atoms with van der Waals surface area (Å²) in [7, 11) is 3.98. The van der Waals surface area contributed by atoms with Crippen LogP contribution in [0.1, 0.15) is 12.0 Å². The van der Waals surface area contributed by atoms with Gasteiger partial charge in [-0.15, -0.1) is 0 Å². The molecule has 1 aliphatic heterocycles. The molecule has 1 N–H and O–H groups in total. The highest BCUT2D eigenvalue weighted by Gasteiger charge is 2.32. The number of rotatable bonds is 4. The third kappa shape index (κ3) is 3.26. The SMILES string of the molecule is Cc1cc(N2CC(O)CC2CN(C)C)cc([N+](=O)[O-])c1. The van der Waals surface area contributed by atoms with Crippen LogP contribution in [0.3, 0.4) is 0 Å². The fourth-order valence-corrected chi connectivity index (χ4v) is 2.82. The van der Waals surface area contributed by atoms with E-state index in [2.05, 4.69) is 9.80 Å². The van der Waals surface area contributed by atoms with Crippen molar-refractivity contribution in [1.82, 2.24) is 4.90 Å². The van der Waals surface area contributed by atoms with Crippen LogP contribution in [0.4, 0.5) is 11.4 Å². The molecule has 1 saturated heterocycles. The number of benzene rings is 1. The minimum absolute atomic E-state index is 0.102. The Morgan fingerprint density at radius 2 is 2.15 bits per heavy atom. The van der Waals surface area contributed by atoms with Crippen molar-refractivity contribution in [1.29, 1.82) is 0 Å². The number of aliphatic hydroxyl groups excluding tert-OH is 1. The van der Waals surface area contributed by atoms with Gasteiger partial charge in [0.2, 0.25) is 0 Å². The second-order valence-corrected chi connectivity index (χ2v) is 5.74. The van der Waals surface area contributed by atoms with Gasteiger partial charge < -0.3 is 14.9 Å². The highest BCUT2D eigenvalue weighted by atomic mass is 16.6. The number of hydrogen-bond donors (Lipinski definition) is 1. The van der Waals surface area contributed by atoms with Crippen molar-refractivity contribution in [2.24, 2.45) is 0 Å². The van der Waals surface area contributed by atoms with Gasteiger partial charge in [-0.25, -0.2) is 0 Å². The Morgan fingerprint density at radius 3 is 2.75 bits per heavy atom. The van der Waals surface area contributed by atoms with Gasteiger partial charge in [0.25, 0.3) is 5.69 Å². The van der Waals surface area contributed by atoms with Gasteiger partial charge in [-0.05, 0) is 39.1 Å². The van der Waals surface area contributed by atoms with E-state index in [4.69, 9.17) is 0 Å². The van der Waals surface area contributed by atoms with Gasteiger partial charge in [0.05, 0.1) is 11.0 Å². The van der Waals surface area contributed by atoms with Crippen LogP contribution in [0.5, 0.6) is 0 Å². The van der Waals surface area contributed by atoms with Gasteiger partial charge in [-0.3, -0.25) is 10.1 Å². The standard InChI is InChI=1S/C14H21N3O3/c1-10-4-11(6-12(5-10)17(19)20)16-9-14(18)7-13(16)8-15(2)3/h4-6,13-14,18H,7-9H2,1-3H3.